The van der Waals surface area contributed by atoms with Crippen molar-refractivity contribution in [3.8, 4) is 5.75 Å². The number of primary amides is 1. The molecule has 3 aromatic rings. The third-order valence-electron chi connectivity index (χ3n) is 4.89. The van der Waals surface area contributed by atoms with Crippen LogP contribution in [0.1, 0.15) is 21.3 Å². The number of hydrogen-bond donors (Lipinski definition) is 1. The summed E-state index contributed by atoms with van der Waals surface area (Å²) in [6, 6.07) is 13.9. The third kappa shape index (κ3) is 3.62. The van der Waals surface area contributed by atoms with Gasteiger partial charge in [0.15, 0.2) is 0 Å². The Morgan fingerprint density at radius 2 is 2.03 bits per heavy atom. The molecule has 1 aliphatic rings. The molecule has 1 atom stereocenters. The van der Waals surface area contributed by atoms with Gasteiger partial charge in [-0.1, -0.05) is 24.3 Å². The number of thiophene rings is 1. The lowest BCUT2D eigenvalue weighted by atomic mass is 10.0. The van der Waals surface area contributed by atoms with E-state index in [1.54, 1.807) is 12.1 Å². The predicted octanol–water partition coefficient (Wildman–Crippen LogP) is 2.77. The molecule has 4 rings (SSSR count). The van der Waals surface area contributed by atoms with Crippen LogP contribution in [0.25, 0.3) is 10.1 Å². The van der Waals surface area contributed by atoms with Gasteiger partial charge in [-0.05, 0) is 23.6 Å². The Balaban J connectivity index is 1.71. The molecule has 0 radical (unpaired) electrons. The summed E-state index contributed by atoms with van der Waals surface area (Å²) >= 11 is 1.30. The zero-order valence-corrected chi connectivity index (χ0v) is 17.3. The van der Waals surface area contributed by atoms with Crippen molar-refractivity contribution in [2.45, 2.75) is 11.0 Å². The van der Waals surface area contributed by atoms with E-state index in [0.29, 0.717) is 16.2 Å². The number of nitrogens with two attached hydrogens (primary N) is 1. The number of carbonyl (C=O) groups excluding carboxylic acids is 1. The molecule has 1 fully saturated rings. The zero-order valence-electron chi connectivity index (χ0n) is 15.7. The van der Waals surface area contributed by atoms with Crippen LogP contribution in [0.2, 0.25) is 0 Å². The van der Waals surface area contributed by atoms with Crippen LogP contribution in [-0.2, 0) is 14.8 Å². The molecule has 29 heavy (non-hydrogen) atoms. The molecule has 0 aliphatic carbocycles. The van der Waals surface area contributed by atoms with Crippen molar-refractivity contribution in [2.24, 2.45) is 5.73 Å². The van der Waals surface area contributed by atoms with Crippen LogP contribution in [0.4, 0.5) is 0 Å². The second kappa shape index (κ2) is 7.75. The van der Waals surface area contributed by atoms with Gasteiger partial charge in [0.2, 0.25) is 10.0 Å². The van der Waals surface area contributed by atoms with E-state index >= 15 is 0 Å². The van der Waals surface area contributed by atoms with Gasteiger partial charge in [-0.15, -0.1) is 11.3 Å². The number of hydrogen-bond acceptors (Lipinski definition) is 6. The maximum Gasteiger partial charge on any atom is 0.259 e. The van der Waals surface area contributed by atoms with Crippen molar-refractivity contribution >= 4 is 37.4 Å². The molecule has 9 heteroatoms. The van der Waals surface area contributed by atoms with Gasteiger partial charge in [0.1, 0.15) is 5.75 Å². The normalized spacial score (nSPS) is 18.0. The maximum absolute atomic E-state index is 13.2. The van der Waals surface area contributed by atoms with E-state index in [4.69, 9.17) is 15.2 Å². The van der Waals surface area contributed by atoms with Crippen LogP contribution in [0.15, 0.2) is 53.4 Å². The van der Waals surface area contributed by atoms with Crippen molar-refractivity contribution in [1.29, 1.82) is 0 Å². The van der Waals surface area contributed by atoms with Crippen LogP contribution in [0.3, 0.4) is 0 Å². The van der Waals surface area contributed by atoms with E-state index in [1.165, 1.54) is 34.9 Å². The summed E-state index contributed by atoms with van der Waals surface area (Å²) in [6.45, 7) is 0.542. The Labute approximate surface area is 172 Å². The van der Waals surface area contributed by atoms with E-state index < -0.39 is 22.0 Å². The molecule has 2 heterocycles. The molecular weight excluding hydrogens is 412 g/mol. The molecule has 0 unspecified atom stereocenters. The molecular formula is C20H20N2O5S2. The Bertz CT molecular complexity index is 1170. The van der Waals surface area contributed by atoms with E-state index in [9.17, 15) is 13.2 Å². The number of morpholine rings is 1. The maximum atomic E-state index is 13.2. The van der Waals surface area contributed by atoms with Gasteiger partial charge in [0.05, 0.1) is 29.6 Å². The highest BCUT2D eigenvalue weighted by molar-refractivity contribution is 7.89. The third-order valence-corrected chi connectivity index (χ3v) is 7.95. The van der Waals surface area contributed by atoms with Crippen molar-refractivity contribution in [3.63, 3.8) is 0 Å². The quantitative estimate of drug-likeness (QED) is 0.668. The molecule has 1 aliphatic heterocycles. The largest absolute Gasteiger partial charge is 0.497 e. The lowest BCUT2D eigenvalue weighted by molar-refractivity contribution is -0.00189. The Morgan fingerprint density at radius 1 is 1.24 bits per heavy atom. The number of ether oxygens (including phenoxy) is 2. The first-order chi connectivity index (χ1) is 13.9. The van der Waals surface area contributed by atoms with Gasteiger partial charge in [0.25, 0.3) is 5.91 Å². The number of carbonyl (C=O) groups is 1. The van der Waals surface area contributed by atoms with Crippen molar-refractivity contribution in [2.75, 3.05) is 26.8 Å². The minimum Gasteiger partial charge on any atom is -0.497 e. The lowest BCUT2D eigenvalue weighted by Crippen LogP contribution is -2.42. The second-order valence-corrected chi connectivity index (χ2v) is 9.60. The Hall–Kier alpha value is -2.46. The van der Waals surface area contributed by atoms with Crippen LogP contribution in [0.5, 0.6) is 5.75 Å². The summed E-state index contributed by atoms with van der Waals surface area (Å²) in [4.78, 5) is 12.6. The number of methoxy groups -OCH3 is 1. The van der Waals surface area contributed by atoms with Crippen LogP contribution in [0, 0.1) is 0 Å². The number of benzene rings is 2. The minimum atomic E-state index is -3.74. The minimum absolute atomic E-state index is 0.0978. The smallest absolute Gasteiger partial charge is 0.259 e. The molecule has 1 amide bonds. The predicted molar refractivity (Wildman–Crippen MR) is 111 cm³/mol. The van der Waals surface area contributed by atoms with Gasteiger partial charge in [-0.2, -0.15) is 4.31 Å². The molecule has 2 aromatic carbocycles. The molecule has 0 spiro atoms. The number of rotatable bonds is 5. The van der Waals surface area contributed by atoms with Crippen LogP contribution < -0.4 is 10.5 Å². The standard InChI is InChI=1S/C20H20N2O5S2/c1-26-13-5-4-6-14(11-13)29(24,25)22-9-10-27-16(12-22)18-15-7-2-3-8-17(15)28-19(18)20(21)23/h2-8,11,16H,9-10,12H2,1H3,(H2,21,23)/t16-/m0/s1. The monoisotopic (exact) mass is 432 g/mol. The number of amides is 1. The fourth-order valence-electron chi connectivity index (χ4n) is 3.50. The van der Waals surface area contributed by atoms with Gasteiger partial charge in [0, 0.05) is 29.4 Å². The van der Waals surface area contributed by atoms with E-state index in [1.807, 2.05) is 24.3 Å². The first-order valence-corrected chi connectivity index (χ1v) is 11.2. The van der Waals surface area contributed by atoms with Crippen LogP contribution in [-0.4, -0.2) is 45.4 Å². The fourth-order valence-corrected chi connectivity index (χ4v) is 6.06. The average Bonchev–Trinajstić information content (AvgIpc) is 3.14. The first-order valence-electron chi connectivity index (χ1n) is 8.99. The van der Waals surface area contributed by atoms with Crippen molar-refractivity contribution < 1.29 is 22.7 Å². The highest BCUT2D eigenvalue weighted by Gasteiger charge is 2.34. The fraction of sp³-hybridized carbons (Fsp3) is 0.250. The summed E-state index contributed by atoms with van der Waals surface area (Å²) in [5.74, 6) is -0.0756. The molecule has 0 bridgehead atoms. The summed E-state index contributed by atoms with van der Waals surface area (Å²) < 4.78 is 39.7. The topological polar surface area (TPSA) is 98.9 Å². The summed E-state index contributed by atoms with van der Waals surface area (Å²) in [5.41, 5.74) is 6.25. The van der Waals surface area contributed by atoms with Gasteiger partial charge in [-0.3, -0.25) is 4.79 Å². The second-order valence-electron chi connectivity index (χ2n) is 6.61. The van der Waals surface area contributed by atoms with Gasteiger partial charge in [-0.25, -0.2) is 8.42 Å². The van der Waals surface area contributed by atoms with E-state index in [-0.39, 0.29) is 24.6 Å². The highest BCUT2D eigenvalue weighted by Crippen LogP contribution is 2.38. The number of sulfonamides is 1. The van der Waals surface area contributed by atoms with Gasteiger partial charge >= 0.3 is 0 Å². The van der Waals surface area contributed by atoms with E-state index in [2.05, 4.69) is 0 Å². The summed E-state index contributed by atoms with van der Waals surface area (Å²) in [6.07, 6.45) is -0.581. The van der Waals surface area contributed by atoms with Crippen LogP contribution >= 0.6 is 11.3 Å². The van der Waals surface area contributed by atoms with E-state index in [0.717, 1.165) is 10.1 Å². The lowest BCUT2D eigenvalue weighted by Gasteiger charge is -2.32. The number of nitrogens with zero attached hydrogens (tertiary/aromatic N) is 1. The Kier molecular flexibility index (Phi) is 5.30. The highest BCUT2D eigenvalue weighted by atomic mass is 32.2. The molecule has 0 saturated carbocycles. The first kappa shape index (κ1) is 19.8. The molecule has 2 N–H and O–H groups in total. The van der Waals surface area contributed by atoms with Gasteiger partial charge < -0.3 is 15.2 Å². The average molecular weight is 433 g/mol. The summed E-state index contributed by atoms with van der Waals surface area (Å²) in [7, 11) is -2.25. The number of fused-ring (bicyclic) bond motifs is 1. The zero-order chi connectivity index (χ0) is 20.6. The molecule has 152 valence electrons. The molecule has 7 nitrogen and oxygen atoms in total. The van der Waals surface area contributed by atoms with Crippen molar-refractivity contribution in [3.05, 3.63) is 59.0 Å². The molecule has 1 saturated heterocycles. The Morgan fingerprint density at radius 3 is 2.79 bits per heavy atom. The van der Waals surface area contributed by atoms with Crippen molar-refractivity contribution in [1.82, 2.24) is 4.31 Å². The SMILES string of the molecule is COc1cccc(S(=O)(=O)N2CCO[C@H](c3c(C(N)=O)sc4ccccc34)C2)c1. The molecule has 1 aromatic heterocycles. The summed E-state index contributed by atoms with van der Waals surface area (Å²) in [5, 5.41) is 0.858.